The summed E-state index contributed by atoms with van der Waals surface area (Å²) in [5.41, 5.74) is 5.72. The van der Waals surface area contributed by atoms with Gasteiger partial charge in [-0.3, -0.25) is 9.48 Å². The largest absolute Gasteiger partial charge is 0.346 e. The molecule has 0 saturated heterocycles. The maximum absolute atomic E-state index is 13.2. The van der Waals surface area contributed by atoms with E-state index in [9.17, 15) is 4.79 Å². The number of rotatable bonds is 7. The first-order valence-electron chi connectivity index (χ1n) is 11.6. The lowest BCUT2D eigenvalue weighted by Crippen LogP contribution is -2.33. The zero-order valence-electron chi connectivity index (χ0n) is 18.8. The number of hydrogen-bond donors (Lipinski definition) is 1. The van der Waals surface area contributed by atoms with Crippen LogP contribution in [0.4, 0.5) is 0 Å². The maximum atomic E-state index is 13.2. The number of benzene rings is 2. The molecule has 0 fully saturated rings. The molecule has 4 aromatic rings. The van der Waals surface area contributed by atoms with Crippen molar-refractivity contribution < 1.29 is 4.79 Å². The third-order valence-corrected chi connectivity index (χ3v) is 7.26. The molecule has 6 heteroatoms. The van der Waals surface area contributed by atoms with Crippen LogP contribution in [0.3, 0.4) is 0 Å². The topological polar surface area (TPSA) is 59.8 Å². The van der Waals surface area contributed by atoms with Gasteiger partial charge < -0.3 is 5.32 Å². The Morgan fingerprint density at radius 3 is 2.58 bits per heavy atom. The van der Waals surface area contributed by atoms with Crippen LogP contribution in [-0.4, -0.2) is 20.7 Å². The van der Waals surface area contributed by atoms with Crippen LogP contribution >= 0.6 is 11.3 Å². The number of carbonyl (C=O) groups is 1. The lowest BCUT2D eigenvalue weighted by atomic mass is 9.98. The van der Waals surface area contributed by atoms with Crippen molar-refractivity contribution in [2.75, 3.05) is 0 Å². The normalized spacial score (nSPS) is 14.0. The molecule has 1 unspecified atom stereocenters. The summed E-state index contributed by atoms with van der Waals surface area (Å²) in [6.45, 7) is 2.27. The fraction of sp³-hybridized carbons (Fsp3) is 0.296. The fourth-order valence-corrected chi connectivity index (χ4v) is 5.61. The summed E-state index contributed by atoms with van der Waals surface area (Å²) >= 11 is 1.66. The van der Waals surface area contributed by atoms with Gasteiger partial charge in [0.05, 0.1) is 27.8 Å². The van der Waals surface area contributed by atoms with Crippen molar-refractivity contribution in [3.05, 3.63) is 93.6 Å². The number of carbonyl (C=O) groups excluding carboxylic acids is 1. The van der Waals surface area contributed by atoms with Crippen LogP contribution in [0.1, 0.15) is 45.6 Å². The number of aromatic nitrogens is 3. The second-order valence-electron chi connectivity index (χ2n) is 8.60. The van der Waals surface area contributed by atoms with Crippen LogP contribution in [0.15, 0.2) is 66.9 Å². The number of aryl methyl sites for hydroxylation is 2. The molecule has 168 valence electrons. The second-order valence-corrected chi connectivity index (χ2v) is 9.84. The molecular weight excluding hydrogens is 428 g/mol. The molecule has 1 aliphatic carbocycles. The second kappa shape index (κ2) is 9.71. The molecule has 33 heavy (non-hydrogen) atoms. The molecule has 1 N–H and O–H groups in total. The molecular formula is C27H28N4OS. The minimum absolute atomic E-state index is 0.0162. The van der Waals surface area contributed by atoms with Gasteiger partial charge in [0, 0.05) is 11.3 Å². The quantitative estimate of drug-likeness (QED) is 0.411. The van der Waals surface area contributed by atoms with E-state index in [-0.39, 0.29) is 18.5 Å². The van der Waals surface area contributed by atoms with Crippen molar-refractivity contribution in [2.45, 2.75) is 51.6 Å². The molecule has 2 heterocycles. The van der Waals surface area contributed by atoms with E-state index in [0.717, 1.165) is 40.4 Å². The van der Waals surface area contributed by atoms with E-state index in [2.05, 4.69) is 34.7 Å². The Kier molecular flexibility index (Phi) is 6.35. The standard InChI is InChI=1S/C27H28N4OS/c1-19-29-26(21-12-6-3-7-13-21)27(33-19)23(16-20-10-4-2-5-11-20)30-25(32)18-31-24-15-9-8-14-22(24)17-28-31/h2-7,10-13,17,23H,8-9,14-16,18H2,1H3,(H,30,32). The molecule has 1 amide bonds. The molecule has 1 aliphatic rings. The molecule has 0 radical (unpaired) electrons. The number of fused-ring (bicyclic) bond motifs is 1. The minimum Gasteiger partial charge on any atom is -0.346 e. The van der Waals surface area contributed by atoms with Crippen molar-refractivity contribution in [1.82, 2.24) is 20.1 Å². The van der Waals surface area contributed by atoms with E-state index in [4.69, 9.17) is 4.98 Å². The highest BCUT2D eigenvalue weighted by atomic mass is 32.1. The summed E-state index contributed by atoms with van der Waals surface area (Å²) in [7, 11) is 0. The minimum atomic E-state index is -0.160. The number of hydrogen-bond acceptors (Lipinski definition) is 4. The molecule has 0 saturated carbocycles. The summed E-state index contributed by atoms with van der Waals surface area (Å²) in [5.74, 6) is -0.0162. The van der Waals surface area contributed by atoms with Crippen molar-refractivity contribution in [1.29, 1.82) is 0 Å². The van der Waals surface area contributed by atoms with Crippen LogP contribution in [0.5, 0.6) is 0 Å². The van der Waals surface area contributed by atoms with Crippen LogP contribution in [0.25, 0.3) is 11.3 Å². The van der Waals surface area contributed by atoms with E-state index in [1.165, 1.54) is 23.2 Å². The summed E-state index contributed by atoms with van der Waals surface area (Å²) in [5, 5.41) is 8.84. The average molecular weight is 457 g/mol. The van der Waals surface area contributed by atoms with Gasteiger partial charge in [-0.05, 0) is 50.2 Å². The summed E-state index contributed by atoms with van der Waals surface area (Å²) in [4.78, 5) is 19.2. The molecule has 0 bridgehead atoms. The van der Waals surface area contributed by atoms with Crippen LogP contribution in [0, 0.1) is 6.92 Å². The van der Waals surface area contributed by atoms with E-state index in [1.54, 1.807) is 11.3 Å². The van der Waals surface area contributed by atoms with Crippen molar-refractivity contribution in [3.63, 3.8) is 0 Å². The van der Waals surface area contributed by atoms with Gasteiger partial charge in [0.2, 0.25) is 5.91 Å². The third-order valence-electron chi connectivity index (χ3n) is 6.18. The zero-order valence-corrected chi connectivity index (χ0v) is 19.6. The number of nitrogens with zero attached hydrogens (tertiary/aromatic N) is 3. The van der Waals surface area contributed by atoms with Gasteiger partial charge in [-0.1, -0.05) is 60.7 Å². The number of amides is 1. The van der Waals surface area contributed by atoms with Crippen LogP contribution < -0.4 is 5.32 Å². The van der Waals surface area contributed by atoms with Gasteiger partial charge in [-0.2, -0.15) is 5.10 Å². The zero-order chi connectivity index (χ0) is 22.6. The highest BCUT2D eigenvalue weighted by Gasteiger charge is 2.24. The first-order valence-corrected chi connectivity index (χ1v) is 12.4. The van der Waals surface area contributed by atoms with E-state index < -0.39 is 0 Å². The first kappa shape index (κ1) is 21.6. The number of thiazole rings is 1. The van der Waals surface area contributed by atoms with Crippen molar-refractivity contribution in [2.24, 2.45) is 0 Å². The monoisotopic (exact) mass is 456 g/mol. The lowest BCUT2D eigenvalue weighted by molar-refractivity contribution is -0.122. The van der Waals surface area contributed by atoms with Crippen LogP contribution in [-0.2, 0) is 30.6 Å². The molecule has 2 aromatic heterocycles. The lowest BCUT2D eigenvalue weighted by Gasteiger charge is -2.20. The molecule has 0 spiro atoms. The Labute approximate surface area is 198 Å². The maximum Gasteiger partial charge on any atom is 0.242 e. The molecule has 2 aromatic carbocycles. The Hall–Kier alpha value is -3.25. The highest BCUT2D eigenvalue weighted by molar-refractivity contribution is 7.12. The molecule has 5 nitrogen and oxygen atoms in total. The molecule has 0 aliphatic heterocycles. The predicted octanol–water partition coefficient (Wildman–Crippen LogP) is 5.29. The van der Waals surface area contributed by atoms with Gasteiger partial charge >= 0.3 is 0 Å². The fourth-order valence-electron chi connectivity index (χ4n) is 4.61. The Balaban J connectivity index is 1.43. The number of nitrogens with one attached hydrogen (secondary N) is 1. The summed E-state index contributed by atoms with van der Waals surface area (Å²) in [6, 6.07) is 20.4. The predicted molar refractivity (Wildman–Crippen MR) is 132 cm³/mol. The highest BCUT2D eigenvalue weighted by Crippen LogP contribution is 2.34. The Morgan fingerprint density at radius 2 is 1.79 bits per heavy atom. The van der Waals surface area contributed by atoms with Gasteiger partial charge in [-0.15, -0.1) is 11.3 Å². The van der Waals surface area contributed by atoms with Gasteiger partial charge in [0.1, 0.15) is 6.54 Å². The Bertz CT molecular complexity index is 1230. The van der Waals surface area contributed by atoms with Crippen LogP contribution in [0.2, 0.25) is 0 Å². The van der Waals surface area contributed by atoms with Gasteiger partial charge in [0.25, 0.3) is 0 Å². The SMILES string of the molecule is Cc1nc(-c2ccccc2)c(C(Cc2ccccc2)NC(=O)Cn2ncc3c2CCCC3)s1. The first-order chi connectivity index (χ1) is 16.2. The third kappa shape index (κ3) is 4.91. The molecule has 1 atom stereocenters. The average Bonchev–Trinajstić information content (AvgIpc) is 3.43. The Morgan fingerprint density at radius 1 is 1.06 bits per heavy atom. The summed E-state index contributed by atoms with van der Waals surface area (Å²) in [6.07, 6.45) is 7.08. The van der Waals surface area contributed by atoms with E-state index in [1.807, 2.05) is 54.2 Å². The molecule has 5 rings (SSSR count). The van der Waals surface area contributed by atoms with E-state index >= 15 is 0 Å². The summed E-state index contributed by atoms with van der Waals surface area (Å²) < 4.78 is 1.89. The van der Waals surface area contributed by atoms with Gasteiger partial charge in [-0.25, -0.2) is 4.98 Å². The van der Waals surface area contributed by atoms with E-state index in [0.29, 0.717) is 6.42 Å². The van der Waals surface area contributed by atoms with Gasteiger partial charge in [0.15, 0.2) is 0 Å². The van der Waals surface area contributed by atoms with Crippen molar-refractivity contribution in [3.8, 4) is 11.3 Å². The smallest absolute Gasteiger partial charge is 0.242 e. The van der Waals surface area contributed by atoms with Crippen molar-refractivity contribution >= 4 is 17.2 Å².